The number of nitrogens with zero attached hydrogens (tertiary/aromatic N) is 3. The quantitative estimate of drug-likeness (QED) is 0.452. The summed E-state index contributed by atoms with van der Waals surface area (Å²) in [6.45, 7) is 5.13. The molecular weight excluding hydrogens is 474 g/mol. The first-order valence-electron chi connectivity index (χ1n) is 12.6. The number of likely N-dealkylation sites (tertiary alicyclic amines) is 1. The van der Waals surface area contributed by atoms with Crippen molar-refractivity contribution in [3.63, 3.8) is 0 Å². The summed E-state index contributed by atoms with van der Waals surface area (Å²) in [5.41, 5.74) is 2.20. The summed E-state index contributed by atoms with van der Waals surface area (Å²) in [6.07, 6.45) is 1.14. The number of hydrogen-bond donors (Lipinski definition) is 0. The lowest BCUT2D eigenvalue weighted by Gasteiger charge is -2.42. The zero-order valence-electron chi connectivity index (χ0n) is 22.4. The zero-order chi connectivity index (χ0) is 26.6. The van der Waals surface area contributed by atoms with Crippen molar-refractivity contribution in [3.05, 3.63) is 53.1 Å². The van der Waals surface area contributed by atoms with Crippen LogP contribution in [0.25, 0.3) is 0 Å². The second-order valence-electron chi connectivity index (χ2n) is 9.56. The number of benzene rings is 2. The van der Waals surface area contributed by atoms with Gasteiger partial charge in [-0.25, -0.2) is 4.79 Å². The molecule has 0 aromatic heterocycles. The highest BCUT2D eigenvalue weighted by Crippen LogP contribution is 2.39. The molecule has 2 aromatic rings. The Bertz CT molecular complexity index is 1130. The Morgan fingerprint density at radius 1 is 0.919 bits per heavy atom. The number of methoxy groups -OCH3 is 4. The minimum Gasteiger partial charge on any atom is -0.497 e. The monoisotopic (exact) mass is 511 g/mol. The molecule has 0 aliphatic carbocycles. The second-order valence-corrected chi connectivity index (χ2v) is 9.56. The van der Waals surface area contributed by atoms with Gasteiger partial charge in [-0.1, -0.05) is 18.2 Å². The first kappa shape index (κ1) is 26.8. The van der Waals surface area contributed by atoms with Gasteiger partial charge in [0.2, 0.25) is 0 Å². The van der Waals surface area contributed by atoms with E-state index in [-0.39, 0.29) is 18.5 Å². The summed E-state index contributed by atoms with van der Waals surface area (Å²) >= 11 is 0. The van der Waals surface area contributed by atoms with Crippen molar-refractivity contribution in [3.8, 4) is 17.2 Å². The van der Waals surface area contributed by atoms with E-state index in [9.17, 15) is 9.59 Å². The number of urea groups is 1. The molecule has 0 atom stereocenters. The molecule has 9 nitrogen and oxygen atoms in total. The molecule has 1 spiro atoms. The fraction of sp³-hybridized carbons (Fsp3) is 0.500. The van der Waals surface area contributed by atoms with Gasteiger partial charge < -0.3 is 23.8 Å². The average Bonchev–Trinajstić information content (AvgIpc) is 3.10. The predicted molar refractivity (Wildman–Crippen MR) is 139 cm³/mol. The predicted octanol–water partition coefficient (Wildman–Crippen LogP) is 3.47. The van der Waals surface area contributed by atoms with Crippen molar-refractivity contribution in [2.24, 2.45) is 0 Å². The van der Waals surface area contributed by atoms with E-state index in [0.29, 0.717) is 50.6 Å². The van der Waals surface area contributed by atoms with Crippen molar-refractivity contribution < 1.29 is 28.5 Å². The molecule has 0 N–H and O–H groups in total. The van der Waals surface area contributed by atoms with Crippen LogP contribution in [0.4, 0.5) is 4.79 Å². The maximum atomic E-state index is 13.8. The van der Waals surface area contributed by atoms with Gasteiger partial charge in [-0.3, -0.25) is 14.6 Å². The fourth-order valence-corrected chi connectivity index (χ4v) is 5.47. The standard InChI is InChI=1S/C28H37N3O6/c1-20-22(9-10-24(36-4)25(20)37-5)19-29-13-11-28(12-14-29)26(32)30(27(33)31(28)15-16-34-2)18-21-7-6-8-23(17-21)35-3/h6-10,17H,11-16,18-19H2,1-5H3. The molecular formula is C28H37N3O6. The summed E-state index contributed by atoms with van der Waals surface area (Å²) in [4.78, 5) is 32.8. The van der Waals surface area contributed by atoms with Crippen LogP contribution in [-0.2, 0) is 22.6 Å². The molecule has 200 valence electrons. The first-order valence-corrected chi connectivity index (χ1v) is 12.6. The van der Waals surface area contributed by atoms with Gasteiger partial charge in [0.1, 0.15) is 11.3 Å². The molecule has 2 aliphatic rings. The largest absolute Gasteiger partial charge is 0.497 e. The second kappa shape index (κ2) is 11.4. The van der Waals surface area contributed by atoms with Gasteiger partial charge in [0, 0.05) is 33.3 Å². The third kappa shape index (κ3) is 5.10. The maximum absolute atomic E-state index is 13.8. The van der Waals surface area contributed by atoms with Gasteiger partial charge in [-0.2, -0.15) is 0 Å². The molecule has 0 bridgehead atoms. The van der Waals surface area contributed by atoms with Gasteiger partial charge in [-0.15, -0.1) is 0 Å². The Kier molecular flexibility index (Phi) is 8.24. The molecule has 0 saturated carbocycles. The molecule has 3 amide bonds. The summed E-state index contributed by atoms with van der Waals surface area (Å²) in [7, 11) is 6.49. The molecule has 0 unspecified atom stereocenters. The highest BCUT2D eigenvalue weighted by molar-refractivity contribution is 6.07. The molecule has 2 aromatic carbocycles. The lowest BCUT2D eigenvalue weighted by molar-refractivity contribution is -0.136. The minimum absolute atomic E-state index is 0.127. The molecule has 2 aliphatic heterocycles. The number of rotatable bonds is 10. The van der Waals surface area contributed by atoms with Crippen molar-refractivity contribution >= 4 is 11.9 Å². The summed E-state index contributed by atoms with van der Waals surface area (Å²) in [5.74, 6) is 2.02. The molecule has 2 heterocycles. The lowest BCUT2D eigenvalue weighted by Crippen LogP contribution is -2.57. The SMILES string of the molecule is COCCN1C(=O)N(Cc2cccc(OC)c2)C(=O)C12CCN(Cc1ccc(OC)c(OC)c1C)CC2. The van der Waals surface area contributed by atoms with Crippen molar-refractivity contribution in [2.45, 2.75) is 38.4 Å². The molecule has 2 fully saturated rings. The number of piperidine rings is 1. The fourth-order valence-electron chi connectivity index (χ4n) is 5.47. The van der Waals surface area contributed by atoms with E-state index < -0.39 is 5.54 Å². The molecule has 37 heavy (non-hydrogen) atoms. The molecule has 0 radical (unpaired) electrons. The van der Waals surface area contributed by atoms with E-state index in [1.54, 1.807) is 33.3 Å². The topological polar surface area (TPSA) is 80.8 Å². The average molecular weight is 512 g/mol. The normalized spacial score (nSPS) is 17.5. The third-order valence-electron chi connectivity index (χ3n) is 7.60. The van der Waals surface area contributed by atoms with E-state index in [4.69, 9.17) is 18.9 Å². The smallest absolute Gasteiger partial charge is 0.328 e. The number of carbonyl (C=O) groups excluding carboxylic acids is 2. The van der Waals surface area contributed by atoms with Crippen molar-refractivity contribution in [2.75, 3.05) is 54.7 Å². The van der Waals surface area contributed by atoms with Crippen LogP contribution in [0.2, 0.25) is 0 Å². The van der Waals surface area contributed by atoms with Crippen LogP contribution >= 0.6 is 0 Å². The van der Waals surface area contributed by atoms with Crippen LogP contribution in [0.3, 0.4) is 0 Å². The van der Waals surface area contributed by atoms with Gasteiger partial charge in [0.25, 0.3) is 5.91 Å². The van der Waals surface area contributed by atoms with E-state index in [2.05, 4.69) is 11.0 Å². The van der Waals surface area contributed by atoms with E-state index in [0.717, 1.165) is 29.0 Å². The van der Waals surface area contributed by atoms with Crippen LogP contribution in [0, 0.1) is 6.92 Å². The number of ether oxygens (including phenoxy) is 4. The van der Waals surface area contributed by atoms with Crippen LogP contribution < -0.4 is 14.2 Å². The highest BCUT2D eigenvalue weighted by atomic mass is 16.5. The van der Waals surface area contributed by atoms with Crippen LogP contribution in [-0.4, -0.2) is 86.9 Å². The van der Waals surface area contributed by atoms with Gasteiger partial charge in [-0.05, 0) is 54.7 Å². The third-order valence-corrected chi connectivity index (χ3v) is 7.60. The van der Waals surface area contributed by atoms with Gasteiger partial charge >= 0.3 is 6.03 Å². The van der Waals surface area contributed by atoms with Crippen LogP contribution in [0.1, 0.15) is 29.5 Å². The van der Waals surface area contributed by atoms with E-state index in [1.807, 2.05) is 37.3 Å². The Hall–Kier alpha value is -3.30. The molecule has 9 heteroatoms. The van der Waals surface area contributed by atoms with E-state index >= 15 is 0 Å². The Morgan fingerprint density at radius 2 is 1.68 bits per heavy atom. The Balaban J connectivity index is 1.52. The van der Waals surface area contributed by atoms with Crippen molar-refractivity contribution in [1.29, 1.82) is 0 Å². The number of hydrogen-bond acceptors (Lipinski definition) is 7. The first-order chi connectivity index (χ1) is 17.9. The number of imide groups is 1. The number of amides is 3. The molecule has 2 saturated heterocycles. The Morgan fingerprint density at radius 3 is 2.32 bits per heavy atom. The number of carbonyl (C=O) groups is 2. The maximum Gasteiger partial charge on any atom is 0.328 e. The van der Waals surface area contributed by atoms with Crippen molar-refractivity contribution in [1.82, 2.24) is 14.7 Å². The van der Waals surface area contributed by atoms with Crippen LogP contribution in [0.5, 0.6) is 17.2 Å². The Labute approximate surface area is 218 Å². The van der Waals surface area contributed by atoms with Crippen LogP contribution in [0.15, 0.2) is 36.4 Å². The summed E-state index contributed by atoms with van der Waals surface area (Å²) in [6, 6.07) is 11.2. The van der Waals surface area contributed by atoms with Gasteiger partial charge in [0.05, 0.1) is 34.5 Å². The summed E-state index contributed by atoms with van der Waals surface area (Å²) < 4.78 is 21.6. The summed E-state index contributed by atoms with van der Waals surface area (Å²) in [5, 5.41) is 0. The lowest BCUT2D eigenvalue weighted by atomic mass is 9.85. The zero-order valence-corrected chi connectivity index (χ0v) is 22.4. The molecule has 4 rings (SSSR count). The minimum atomic E-state index is -0.850. The highest BCUT2D eigenvalue weighted by Gasteiger charge is 2.57. The van der Waals surface area contributed by atoms with Gasteiger partial charge in [0.15, 0.2) is 11.5 Å². The van der Waals surface area contributed by atoms with E-state index in [1.165, 1.54) is 4.90 Å².